The van der Waals surface area contributed by atoms with Gasteiger partial charge in [-0.05, 0) is 30.9 Å². The van der Waals surface area contributed by atoms with Crippen molar-refractivity contribution in [3.63, 3.8) is 0 Å². The second kappa shape index (κ2) is 8.09. The lowest BCUT2D eigenvalue weighted by molar-refractivity contribution is -0.128. The Kier molecular flexibility index (Phi) is 5.61. The summed E-state index contributed by atoms with van der Waals surface area (Å²) in [5, 5.41) is 9.41. The van der Waals surface area contributed by atoms with Gasteiger partial charge in [0.2, 0.25) is 0 Å². The number of likely N-dealkylation sites (tertiary alicyclic amines) is 1. The van der Waals surface area contributed by atoms with Crippen LogP contribution in [0.25, 0.3) is 0 Å². The Bertz CT molecular complexity index is 704. The molecule has 138 valence electrons. The highest BCUT2D eigenvalue weighted by molar-refractivity contribution is 5.97. The number of carbonyl (C=O) groups excluding carboxylic acids is 2. The van der Waals surface area contributed by atoms with Crippen LogP contribution in [0.3, 0.4) is 0 Å². The van der Waals surface area contributed by atoms with Crippen molar-refractivity contribution in [2.75, 3.05) is 39.3 Å². The van der Waals surface area contributed by atoms with E-state index in [1.54, 1.807) is 28.1 Å². The van der Waals surface area contributed by atoms with Gasteiger partial charge >= 0.3 is 0 Å². The first kappa shape index (κ1) is 18.1. The van der Waals surface area contributed by atoms with Gasteiger partial charge in [-0.2, -0.15) is 5.26 Å². The summed E-state index contributed by atoms with van der Waals surface area (Å²) in [7, 11) is 0. The molecule has 0 atom stereocenters. The van der Waals surface area contributed by atoms with Crippen LogP contribution in [0.1, 0.15) is 30.3 Å². The van der Waals surface area contributed by atoms with Crippen LogP contribution in [-0.4, -0.2) is 65.8 Å². The summed E-state index contributed by atoms with van der Waals surface area (Å²) in [4.78, 5) is 30.3. The third kappa shape index (κ3) is 4.07. The minimum Gasteiger partial charge on any atom is -0.459 e. The zero-order valence-corrected chi connectivity index (χ0v) is 15.1. The second-order valence-corrected chi connectivity index (χ2v) is 6.93. The average Bonchev–Trinajstić information content (AvgIpc) is 3.21. The van der Waals surface area contributed by atoms with Crippen molar-refractivity contribution in [2.24, 2.45) is 5.92 Å². The van der Waals surface area contributed by atoms with Crippen molar-refractivity contribution in [3.05, 3.63) is 35.9 Å². The molecule has 2 fully saturated rings. The predicted octanol–water partition coefficient (Wildman–Crippen LogP) is 1.70. The van der Waals surface area contributed by atoms with E-state index in [0.29, 0.717) is 50.9 Å². The Labute approximate surface area is 153 Å². The molecule has 2 aliphatic heterocycles. The van der Waals surface area contributed by atoms with Crippen LogP contribution < -0.4 is 0 Å². The van der Waals surface area contributed by atoms with E-state index in [2.05, 4.69) is 6.92 Å². The first-order valence-electron chi connectivity index (χ1n) is 9.06. The van der Waals surface area contributed by atoms with Crippen molar-refractivity contribution in [1.29, 1.82) is 5.26 Å². The fraction of sp³-hybridized carbons (Fsp3) is 0.526. The number of rotatable bonds is 3. The van der Waals surface area contributed by atoms with Crippen LogP contribution in [0, 0.1) is 17.2 Å². The Balaban J connectivity index is 1.57. The lowest BCUT2D eigenvalue weighted by Crippen LogP contribution is -2.47. The summed E-state index contributed by atoms with van der Waals surface area (Å²) in [6.45, 7) is 5.85. The van der Waals surface area contributed by atoms with E-state index >= 15 is 0 Å². The summed E-state index contributed by atoms with van der Waals surface area (Å²) in [5.41, 5.74) is 0.172. The molecule has 1 aromatic rings. The zero-order chi connectivity index (χ0) is 18.5. The van der Waals surface area contributed by atoms with Gasteiger partial charge in [0.25, 0.3) is 11.8 Å². The highest BCUT2D eigenvalue weighted by Crippen LogP contribution is 2.18. The SMILES string of the molecule is CC1CCN(C(=O)/C(C#N)=C\N2CCN(C(=O)c3ccco3)CC2)CC1. The zero-order valence-electron chi connectivity index (χ0n) is 15.1. The second-order valence-electron chi connectivity index (χ2n) is 6.93. The number of nitriles is 1. The molecule has 0 bridgehead atoms. The fourth-order valence-corrected chi connectivity index (χ4v) is 3.31. The van der Waals surface area contributed by atoms with Gasteiger partial charge in [0.1, 0.15) is 11.6 Å². The molecule has 0 aliphatic carbocycles. The lowest BCUT2D eigenvalue weighted by Gasteiger charge is -2.34. The molecule has 0 aromatic carbocycles. The van der Waals surface area contributed by atoms with Crippen molar-refractivity contribution < 1.29 is 14.0 Å². The van der Waals surface area contributed by atoms with Crippen LogP contribution in [0.15, 0.2) is 34.6 Å². The molecule has 2 amide bonds. The van der Waals surface area contributed by atoms with Crippen LogP contribution in [-0.2, 0) is 4.79 Å². The third-order valence-electron chi connectivity index (χ3n) is 5.07. The summed E-state index contributed by atoms with van der Waals surface area (Å²) in [6.07, 6.45) is 5.10. The molecule has 0 spiro atoms. The summed E-state index contributed by atoms with van der Waals surface area (Å²) in [5.74, 6) is 0.653. The largest absolute Gasteiger partial charge is 0.459 e. The highest BCUT2D eigenvalue weighted by atomic mass is 16.3. The van der Waals surface area contributed by atoms with E-state index in [0.717, 1.165) is 12.8 Å². The predicted molar refractivity (Wildman–Crippen MR) is 94.9 cm³/mol. The number of furan rings is 1. The minimum atomic E-state index is -0.187. The summed E-state index contributed by atoms with van der Waals surface area (Å²) >= 11 is 0. The van der Waals surface area contributed by atoms with Crippen molar-refractivity contribution in [1.82, 2.24) is 14.7 Å². The molecule has 0 N–H and O–H groups in total. The molecule has 0 unspecified atom stereocenters. The summed E-state index contributed by atoms with van der Waals surface area (Å²) in [6, 6.07) is 5.39. The number of carbonyl (C=O) groups is 2. The molecule has 3 heterocycles. The first-order valence-corrected chi connectivity index (χ1v) is 9.06. The van der Waals surface area contributed by atoms with Gasteiger partial charge in [0.15, 0.2) is 5.76 Å². The van der Waals surface area contributed by atoms with E-state index in [4.69, 9.17) is 4.42 Å². The molecule has 2 aliphatic rings. The van der Waals surface area contributed by atoms with Crippen LogP contribution in [0.2, 0.25) is 0 Å². The smallest absolute Gasteiger partial charge is 0.289 e. The molecule has 7 nitrogen and oxygen atoms in total. The van der Waals surface area contributed by atoms with Crippen LogP contribution in [0.5, 0.6) is 0 Å². The highest BCUT2D eigenvalue weighted by Gasteiger charge is 2.26. The van der Waals surface area contributed by atoms with Crippen molar-refractivity contribution in [2.45, 2.75) is 19.8 Å². The number of amides is 2. The third-order valence-corrected chi connectivity index (χ3v) is 5.07. The number of hydrogen-bond donors (Lipinski definition) is 0. The Morgan fingerprint density at radius 1 is 1.15 bits per heavy atom. The molecule has 0 radical (unpaired) electrons. The maximum atomic E-state index is 12.6. The Morgan fingerprint density at radius 3 is 2.42 bits per heavy atom. The minimum absolute atomic E-state index is 0.127. The monoisotopic (exact) mass is 356 g/mol. The van der Waals surface area contributed by atoms with Crippen molar-refractivity contribution >= 4 is 11.8 Å². The summed E-state index contributed by atoms with van der Waals surface area (Å²) < 4.78 is 5.15. The molecule has 0 saturated carbocycles. The molecule has 3 rings (SSSR count). The quantitative estimate of drug-likeness (QED) is 0.608. The maximum absolute atomic E-state index is 12.6. The molecule has 2 saturated heterocycles. The fourth-order valence-electron chi connectivity index (χ4n) is 3.31. The van der Waals surface area contributed by atoms with Gasteiger partial charge < -0.3 is 19.1 Å². The van der Waals surface area contributed by atoms with E-state index in [1.165, 1.54) is 6.26 Å². The standard InChI is InChI=1S/C19H24N4O3/c1-15-4-6-22(7-5-15)18(24)16(13-20)14-21-8-10-23(11-9-21)19(25)17-3-2-12-26-17/h2-3,12,14-15H,4-11H2,1H3/b16-14-. The van der Waals surface area contributed by atoms with E-state index in [1.807, 2.05) is 11.0 Å². The molecule has 7 heteroatoms. The number of nitrogens with zero attached hydrogens (tertiary/aromatic N) is 4. The van der Waals surface area contributed by atoms with Gasteiger partial charge in [0, 0.05) is 45.5 Å². The number of hydrogen-bond acceptors (Lipinski definition) is 5. The average molecular weight is 356 g/mol. The number of piperazine rings is 1. The topological polar surface area (TPSA) is 80.8 Å². The van der Waals surface area contributed by atoms with Crippen molar-refractivity contribution in [3.8, 4) is 6.07 Å². The normalized spacial score (nSPS) is 19.4. The van der Waals surface area contributed by atoms with Gasteiger partial charge in [-0.1, -0.05) is 6.92 Å². The van der Waals surface area contributed by atoms with Crippen LogP contribution in [0.4, 0.5) is 0 Å². The molecular formula is C19H24N4O3. The van der Waals surface area contributed by atoms with Gasteiger partial charge in [-0.15, -0.1) is 0 Å². The first-order chi connectivity index (χ1) is 12.6. The van der Waals surface area contributed by atoms with E-state index < -0.39 is 0 Å². The Morgan fingerprint density at radius 2 is 1.85 bits per heavy atom. The van der Waals surface area contributed by atoms with E-state index in [-0.39, 0.29) is 17.4 Å². The molecule has 26 heavy (non-hydrogen) atoms. The van der Waals surface area contributed by atoms with Gasteiger partial charge in [0.05, 0.1) is 6.26 Å². The lowest BCUT2D eigenvalue weighted by atomic mass is 9.99. The van der Waals surface area contributed by atoms with Gasteiger partial charge in [-0.25, -0.2) is 0 Å². The maximum Gasteiger partial charge on any atom is 0.289 e. The molecular weight excluding hydrogens is 332 g/mol. The number of piperidine rings is 1. The van der Waals surface area contributed by atoms with Gasteiger partial charge in [-0.3, -0.25) is 9.59 Å². The molecule has 1 aromatic heterocycles. The Hall–Kier alpha value is -2.75. The van der Waals surface area contributed by atoms with E-state index in [9.17, 15) is 14.9 Å². The van der Waals surface area contributed by atoms with Crippen LogP contribution >= 0.6 is 0 Å².